The van der Waals surface area contributed by atoms with E-state index in [1.54, 1.807) is 0 Å². The number of carbonyl (C=O) groups is 1. The molecule has 3 unspecified atom stereocenters. The Morgan fingerprint density at radius 3 is 2.94 bits per heavy atom. The predicted octanol–water partition coefficient (Wildman–Crippen LogP) is 2.53. The van der Waals surface area contributed by atoms with E-state index in [0.717, 1.165) is 23.0 Å². The maximum atomic E-state index is 12.1. The summed E-state index contributed by atoms with van der Waals surface area (Å²) >= 11 is 3.40. The second-order valence-electron chi connectivity index (χ2n) is 4.89. The summed E-state index contributed by atoms with van der Waals surface area (Å²) in [5, 5.41) is 6.49. The normalized spacial score (nSPS) is 30.5. The number of carbonyl (C=O) groups excluding carboxylic acids is 1. The van der Waals surface area contributed by atoms with E-state index in [-0.39, 0.29) is 11.8 Å². The summed E-state index contributed by atoms with van der Waals surface area (Å²) in [4.78, 5) is 12.1. The Hall–Kier alpha value is -0.870. The Morgan fingerprint density at radius 1 is 1.41 bits per heavy atom. The maximum Gasteiger partial charge on any atom is 0.229 e. The van der Waals surface area contributed by atoms with Crippen LogP contribution in [0.2, 0.25) is 0 Å². The van der Waals surface area contributed by atoms with E-state index in [1.165, 1.54) is 6.42 Å². The first-order valence-electron chi connectivity index (χ1n) is 6.05. The van der Waals surface area contributed by atoms with Crippen molar-refractivity contribution in [2.45, 2.75) is 31.3 Å². The molecule has 1 amide bonds. The van der Waals surface area contributed by atoms with Crippen molar-refractivity contribution < 1.29 is 4.79 Å². The number of fused-ring (bicyclic) bond motifs is 2. The first-order valence-corrected chi connectivity index (χ1v) is 6.84. The lowest BCUT2D eigenvalue weighted by Crippen LogP contribution is -2.32. The smallest absolute Gasteiger partial charge is 0.229 e. The Kier molecular flexibility index (Phi) is 2.92. The van der Waals surface area contributed by atoms with Crippen molar-refractivity contribution in [1.29, 1.82) is 0 Å². The van der Waals surface area contributed by atoms with Crippen molar-refractivity contribution in [3.05, 3.63) is 28.7 Å². The van der Waals surface area contributed by atoms with Crippen LogP contribution >= 0.6 is 15.9 Å². The molecule has 3 rings (SSSR count). The first kappa shape index (κ1) is 11.2. The van der Waals surface area contributed by atoms with Crippen molar-refractivity contribution >= 4 is 27.5 Å². The third-order valence-corrected chi connectivity index (χ3v) is 4.22. The fraction of sp³-hybridized carbons (Fsp3) is 0.462. The Bertz CT molecular complexity index is 449. The van der Waals surface area contributed by atoms with Crippen LogP contribution in [0.5, 0.6) is 0 Å². The third kappa shape index (κ3) is 2.24. The van der Waals surface area contributed by atoms with Crippen molar-refractivity contribution in [3.8, 4) is 0 Å². The van der Waals surface area contributed by atoms with Crippen LogP contribution in [0.3, 0.4) is 0 Å². The second-order valence-corrected chi connectivity index (χ2v) is 5.80. The monoisotopic (exact) mass is 294 g/mol. The van der Waals surface area contributed by atoms with E-state index in [9.17, 15) is 4.79 Å². The predicted molar refractivity (Wildman–Crippen MR) is 70.8 cm³/mol. The van der Waals surface area contributed by atoms with Gasteiger partial charge >= 0.3 is 0 Å². The van der Waals surface area contributed by atoms with Gasteiger partial charge in [0, 0.05) is 22.2 Å². The average molecular weight is 295 g/mol. The molecule has 2 fully saturated rings. The van der Waals surface area contributed by atoms with Crippen molar-refractivity contribution in [3.63, 3.8) is 0 Å². The molecule has 90 valence electrons. The summed E-state index contributed by atoms with van der Waals surface area (Å²) in [7, 11) is 0. The van der Waals surface area contributed by atoms with Gasteiger partial charge in [-0.2, -0.15) is 0 Å². The Balaban J connectivity index is 1.68. The molecule has 2 aliphatic heterocycles. The van der Waals surface area contributed by atoms with Gasteiger partial charge in [-0.25, -0.2) is 0 Å². The maximum absolute atomic E-state index is 12.1. The molecule has 2 saturated heterocycles. The third-order valence-electron chi connectivity index (χ3n) is 3.73. The van der Waals surface area contributed by atoms with Crippen LogP contribution in [0.25, 0.3) is 0 Å². The largest absolute Gasteiger partial charge is 0.326 e. The highest BCUT2D eigenvalue weighted by molar-refractivity contribution is 9.10. The van der Waals surface area contributed by atoms with Gasteiger partial charge in [-0.1, -0.05) is 22.0 Å². The molecule has 0 saturated carbocycles. The minimum atomic E-state index is 0.146. The SMILES string of the molecule is O=C(Nc1cccc(Br)c1)C1CC2CCC1N2. The summed E-state index contributed by atoms with van der Waals surface area (Å²) in [6.45, 7) is 0. The molecule has 1 aromatic rings. The van der Waals surface area contributed by atoms with Gasteiger partial charge in [0.05, 0.1) is 5.92 Å². The van der Waals surface area contributed by atoms with E-state index in [4.69, 9.17) is 0 Å². The summed E-state index contributed by atoms with van der Waals surface area (Å²) < 4.78 is 0.987. The summed E-state index contributed by atoms with van der Waals surface area (Å²) in [5.74, 6) is 0.301. The van der Waals surface area contributed by atoms with Crippen LogP contribution in [0.4, 0.5) is 5.69 Å². The van der Waals surface area contributed by atoms with E-state index < -0.39 is 0 Å². The van der Waals surface area contributed by atoms with Gasteiger partial charge in [-0.3, -0.25) is 4.79 Å². The van der Waals surface area contributed by atoms with Crippen LogP contribution in [0, 0.1) is 5.92 Å². The number of benzene rings is 1. The molecule has 4 heteroatoms. The molecule has 1 aromatic carbocycles. The molecule has 0 aliphatic carbocycles. The lowest BCUT2D eigenvalue weighted by molar-refractivity contribution is -0.120. The molecule has 2 heterocycles. The van der Waals surface area contributed by atoms with Crippen molar-refractivity contribution in [1.82, 2.24) is 5.32 Å². The highest BCUT2D eigenvalue weighted by Crippen LogP contribution is 2.34. The molecule has 17 heavy (non-hydrogen) atoms. The molecular formula is C13H15BrN2O. The Labute approximate surface area is 109 Å². The summed E-state index contributed by atoms with van der Waals surface area (Å²) in [5.41, 5.74) is 0.868. The minimum Gasteiger partial charge on any atom is -0.326 e. The number of amides is 1. The van der Waals surface area contributed by atoms with Crippen LogP contribution in [0.15, 0.2) is 28.7 Å². The van der Waals surface area contributed by atoms with Gasteiger partial charge in [-0.05, 0) is 37.5 Å². The lowest BCUT2D eigenvalue weighted by Gasteiger charge is -2.19. The number of hydrogen-bond donors (Lipinski definition) is 2. The van der Waals surface area contributed by atoms with Crippen LogP contribution < -0.4 is 10.6 Å². The zero-order chi connectivity index (χ0) is 11.8. The van der Waals surface area contributed by atoms with Gasteiger partial charge in [0.25, 0.3) is 0 Å². The van der Waals surface area contributed by atoms with E-state index in [0.29, 0.717) is 12.1 Å². The molecule has 2 aliphatic rings. The van der Waals surface area contributed by atoms with Gasteiger partial charge in [-0.15, -0.1) is 0 Å². The summed E-state index contributed by atoms with van der Waals surface area (Å²) in [6, 6.07) is 8.69. The number of nitrogens with one attached hydrogen (secondary N) is 2. The fourth-order valence-corrected chi connectivity index (χ4v) is 3.31. The van der Waals surface area contributed by atoms with E-state index in [2.05, 4.69) is 26.6 Å². The van der Waals surface area contributed by atoms with Crippen LogP contribution in [-0.4, -0.2) is 18.0 Å². The van der Waals surface area contributed by atoms with Crippen molar-refractivity contribution in [2.24, 2.45) is 5.92 Å². The van der Waals surface area contributed by atoms with Gasteiger partial charge < -0.3 is 10.6 Å². The molecule has 0 aromatic heterocycles. The highest BCUT2D eigenvalue weighted by Gasteiger charge is 2.42. The fourth-order valence-electron chi connectivity index (χ4n) is 2.92. The molecule has 0 spiro atoms. The molecule has 2 N–H and O–H groups in total. The van der Waals surface area contributed by atoms with E-state index >= 15 is 0 Å². The molecular weight excluding hydrogens is 280 g/mol. The summed E-state index contributed by atoms with van der Waals surface area (Å²) in [6.07, 6.45) is 3.36. The van der Waals surface area contributed by atoms with Gasteiger partial charge in [0.15, 0.2) is 0 Å². The Morgan fingerprint density at radius 2 is 2.29 bits per heavy atom. The lowest BCUT2D eigenvalue weighted by atomic mass is 9.88. The molecule has 2 bridgehead atoms. The first-order chi connectivity index (χ1) is 8.22. The quantitative estimate of drug-likeness (QED) is 0.880. The molecule has 3 atom stereocenters. The van der Waals surface area contributed by atoms with E-state index in [1.807, 2.05) is 24.3 Å². The highest BCUT2D eigenvalue weighted by atomic mass is 79.9. The average Bonchev–Trinajstić information content (AvgIpc) is 2.90. The minimum absolute atomic E-state index is 0.146. The number of halogens is 1. The zero-order valence-electron chi connectivity index (χ0n) is 9.45. The standard InChI is InChI=1S/C13H15BrN2O/c14-8-2-1-3-9(6-8)16-13(17)11-7-10-4-5-12(11)15-10/h1-3,6,10-12,15H,4-5,7H2,(H,16,17). The van der Waals surface area contributed by atoms with Gasteiger partial charge in [0.1, 0.15) is 0 Å². The zero-order valence-corrected chi connectivity index (χ0v) is 11.0. The van der Waals surface area contributed by atoms with Crippen LogP contribution in [-0.2, 0) is 4.79 Å². The number of hydrogen-bond acceptors (Lipinski definition) is 2. The topological polar surface area (TPSA) is 41.1 Å². The number of rotatable bonds is 2. The second kappa shape index (κ2) is 4.42. The van der Waals surface area contributed by atoms with Gasteiger partial charge in [0.2, 0.25) is 5.91 Å². The number of anilines is 1. The van der Waals surface area contributed by atoms with Crippen molar-refractivity contribution in [2.75, 3.05) is 5.32 Å². The van der Waals surface area contributed by atoms with Crippen LogP contribution in [0.1, 0.15) is 19.3 Å². The molecule has 3 nitrogen and oxygen atoms in total. The molecule has 0 radical (unpaired) electrons.